The van der Waals surface area contributed by atoms with Crippen LogP contribution < -0.4 is 16.0 Å². The molecule has 0 aliphatic carbocycles. The number of amides is 3. The van der Waals surface area contributed by atoms with Crippen LogP contribution in [0.1, 0.15) is 21.8 Å². The van der Waals surface area contributed by atoms with Gasteiger partial charge in [-0.25, -0.2) is 0 Å². The first-order valence-electron chi connectivity index (χ1n) is 8.12. The number of hydrogen-bond donors (Lipinski definition) is 2. The Morgan fingerprint density at radius 1 is 1.11 bits per heavy atom. The first-order valence-corrected chi connectivity index (χ1v) is 8.12. The normalized spacial score (nSPS) is 15.0. The maximum absolute atomic E-state index is 12.7. The maximum atomic E-state index is 12.7. The summed E-state index contributed by atoms with van der Waals surface area (Å²) in [5.74, 6) is -3.49. The van der Waals surface area contributed by atoms with Crippen molar-refractivity contribution >= 4 is 35.1 Å². The number of rotatable bonds is 3. The molecule has 8 nitrogen and oxygen atoms in total. The summed E-state index contributed by atoms with van der Waals surface area (Å²) in [4.78, 5) is 49.5. The molecule has 3 amide bonds. The van der Waals surface area contributed by atoms with E-state index >= 15 is 0 Å². The van der Waals surface area contributed by atoms with E-state index in [0.29, 0.717) is 11.3 Å². The van der Waals surface area contributed by atoms with E-state index in [4.69, 9.17) is 10.5 Å². The number of esters is 1. The molecule has 0 saturated carbocycles. The third-order valence-electron chi connectivity index (χ3n) is 4.30. The molecule has 1 aliphatic heterocycles. The number of primary amides is 1. The predicted molar refractivity (Wildman–Crippen MR) is 97.1 cm³/mol. The zero-order valence-corrected chi connectivity index (χ0v) is 14.5. The predicted octanol–water partition coefficient (Wildman–Crippen LogP) is 1.03. The van der Waals surface area contributed by atoms with Crippen molar-refractivity contribution in [2.75, 3.05) is 23.9 Å². The average Bonchev–Trinajstić information content (AvgIpc) is 3.06. The molecule has 0 saturated heterocycles. The van der Waals surface area contributed by atoms with Crippen molar-refractivity contribution in [3.8, 4) is 0 Å². The fraction of sp³-hybridized carbons (Fsp3) is 0.158. The number of ether oxygens (including phenoxy) is 1. The summed E-state index contributed by atoms with van der Waals surface area (Å²) in [6, 6.07) is 12.8. The van der Waals surface area contributed by atoms with Crippen molar-refractivity contribution in [1.82, 2.24) is 0 Å². The van der Waals surface area contributed by atoms with Crippen LogP contribution in [-0.4, -0.2) is 37.3 Å². The molecule has 0 radical (unpaired) electrons. The number of nitrogens with one attached hydrogen (secondary N) is 1. The number of methoxy groups -OCH3 is 1. The van der Waals surface area contributed by atoms with Gasteiger partial charge in [-0.15, -0.1) is 0 Å². The van der Waals surface area contributed by atoms with Gasteiger partial charge in [-0.3, -0.25) is 19.2 Å². The molecule has 0 fully saturated rings. The van der Waals surface area contributed by atoms with E-state index in [1.54, 1.807) is 30.3 Å². The maximum Gasteiger partial charge on any atom is 0.316 e. The Bertz CT molecular complexity index is 940. The summed E-state index contributed by atoms with van der Waals surface area (Å²) < 4.78 is 4.79. The highest BCUT2D eigenvalue weighted by Gasteiger charge is 2.39. The Hall–Kier alpha value is -3.68. The van der Waals surface area contributed by atoms with Crippen molar-refractivity contribution < 1.29 is 23.9 Å². The van der Waals surface area contributed by atoms with E-state index in [1.165, 1.54) is 30.2 Å². The van der Waals surface area contributed by atoms with Crippen molar-refractivity contribution in [2.24, 2.45) is 5.73 Å². The van der Waals surface area contributed by atoms with Crippen LogP contribution in [0.2, 0.25) is 0 Å². The first-order chi connectivity index (χ1) is 12.9. The van der Waals surface area contributed by atoms with Gasteiger partial charge in [-0.1, -0.05) is 24.3 Å². The van der Waals surface area contributed by atoms with E-state index in [0.717, 1.165) is 0 Å². The van der Waals surface area contributed by atoms with Gasteiger partial charge in [-0.05, 0) is 29.8 Å². The number of carbonyl (C=O) groups excluding carboxylic acids is 4. The molecule has 0 aromatic heterocycles. The summed E-state index contributed by atoms with van der Waals surface area (Å²) in [7, 11) is 1.27. The molecule has 2 aromatic rings. The van der Waals surface area contributed by atoms with Gasteiger partial charge in [0.15, 0.2) is 0 Å². The Morgan fingerprint density at radius 2 is 1.85 bits per heavy atom. The SMILES string of the molecule is COC(=O)[C@@H]1CN(C(=O)C(=O)Nc2cccc(C(N)=O)c2)c2ccccc21. The van der Waals surface area contributed by atoms with Crippen molar-refractivity contribution in [3.05, 3.63) is 59.7 Å². The van der Waals surface area contributed by atoms with Crippen LogP contribution in [0.25, 0.3) is 0 Å². The van der Waals surface area contributed by atoms with Gasteiger partial charge in [0, 0.05) is 23.5 Å². The molecule has 1 atom stereocenters. The number of anilines is 2. The van der Waals surface area contributed by atoms with Gasteiger partial charge < -0.3 is 20.7 Å². The van der Waals surface area contributed by atoms with E-state index in [9.17, 15) is 19.2 Å². The highest BCUT2D eigenvalue weighted by Crippen LogP contribution is 2.36. The molecule has 27 heavy (non-hydrogen) atoms. The lowest BCUT2D eigenvalue weighted by molar-refractivity contribution is -0.142. The second kappa shape index (κ2) is 7.28. The smallest absolute Gasteiger partial charge is 0.316 e. The van der Waals surface area contributed by atoms with Crippen LogP contribution in [0.4, 0.5) is 11.4 Å². The minimum Gasteiger partial charge on any atom is -0.468 e. The minimum absolute atomic E-state index is 0.0135. The number of para-hydroxylation sites is 1. The lowest BCUT2D eigenvalue weighted by Crippen LogP contribution is -2.39. The van der Waals surface area contributed by atoms with Gasteiger partial charge >= 0.3 is 17.8 Å². The standard InChI is InChI=1S/C19H17N3O5/c1-27-19(26)14-10-22(15-8-3-2-7-13(14)15)18(25)17(24)21-12-6-4-5-11(9-12)16(20)23/h2-9,14H,10H2,1H3,(H2,20,23)(H,21,24)/t14-/m1/s1. The van der Waals surface area contributed by atoms with Gasteiger partial charge in [0.1, 0.15) is 5.92 Å². The summed E-state index contributed by atoms with van der Waals surface area (Å²) in [6.07, 6.45) is 0. The molecule has 1 aliphatic rings. The molecule has 138 valence electrons. The van der Waals surface area contributed by atoms with E-state index < -0.39 is 29.6 Å². The summed E-state index contributed by atoms with van der Waals surface area (Å²) >= 11 is 0. The Morgan fingerprint density at radius 3 is 2.56 bits per heavy atom. The van der Waals surface area contributed by atoms with Gasteiger partial charge in [0.05, 0.1) is 7.11 Å². The van der Waals surface area contributed by atoms with Gasteiger partial charge in [-0.2, -0.15) is 0 Å². The van der Waals surface area contributed by atoms with Crippen LogP contribution >= 0.6 is 0 Å². The van der Waals surface area contributed by atoms with Crippen molar-refractivity contribution in [1.29, 1.82) is 0 Å². The number of hydrogen-bond acceptors (Lipinski definition) is 5. The summed E-state index contributed by atoms with van der Waals surface area (Å²) in [6.45, 7) is 0.0135. The highest BCUT2D eigenvalue weighted by atomic mass is 16.5. The topological polar surface area (TPSA) is 119 Å². The zero-order chi connectivity index (χ0) is 19.6. The molecule has 0 unspecified atom stereocenters. The molecule has 3 N–H and O–H groups in total. The van der Waals surface area contributed by atoms with Crippen LogP contribution in [0, 0.1) is 0 Å². The molecular formula is C19H17N3O5. The second-order valence-electron chi connectivity index (χ2n) is 5.95. The third-order valence-corrected chi connectivity index (χ3v) is 4.30. The number of nitrogens with zero attached hydrogens (tertiary/aromatic N) is 1. The molecule has 0 spiro atoms. The summed E-state index contributed by atoms with van der Waals surface area (Å²) in [5, 5.41) is 2.45. The van der Waals surface area contributed by atoms with Crippen LogP contribution in [-0.2, 0) is 19.1 Å². The first kappa shape index (κ1) is 18.1. The number of benzene rings is 2. The second-order valence-corrected chi connectivity index (χ2v) is 5.95. The van der Waals surface area contributed by atoms with Crippen LogP contribution in [0.5, 0.6) is 0 Å². The Labute approximate surface area is 154 Å². The van der Waals surface area contributed by atoms with Crippen molar-refractivity contribution in [3.63, 3.8) is 0 Å². The molecular weight excluding hydrogens is 350 g/mol. The average molecular weight is 367 g/mol. The lowest BCUT2D eigenvalue weighted by Gasteiger charge is -2.17. The fourth-order valence-corrected chi connectivity index (χ4v) is 3.00. The molecule has 1 heterocycles. The third kappa shape index (κ3) is 3.50. The molecule has 2 aromatic carbocycles. The Kier molecular flexibility index (Phi) is 4.89. The summed E-state index contributed by atoms with van der Waals surface area (Å²) in [5.41, 5.74) is 6.79. The quantitative estimate of drug-likeness (QED) is 0.620. The highest BCUT2D eigenvalue weighted by molar-refractivity contribution is 6.44. The number of carbonyl (C=O) groups is 4. The van der Waals surface area contributed by atoms with E-state index in [1.807, 2.05) is 0 Å². The monoisotopic (exact) mass is 367 g/mol. The lowest BCUT2D eigenvalue weighted by atomic mass is 10.0. The van der Waals surface area contributed by atoms with E-state index in [-0.39, 0.29) is 17.8 Å². The van der Waals surface area contributed by atoms with Crippen LogP contribution in [0.3, 0.4) is 0 Å². The minimum atomic E-state index is -0.892. The van der Waals surface area contributed by atoms with Gasteiger partial charge in [0.2, 0.25) is 5.91 Å². The Balaban J connectivity index is 1.81. The molecule has 3 rings (SSSR count). The largest absolute Gasteiger partial charge is 0.468 e. The molecule has 8 heteroatoms. The van der Waals surface area contributed by atoms with Crippen LogP contribution in [0.15, 0.2) is 48.5 Å². The zero-order valence-electron chi connectivity index (χ0n) is 14.5. The molecule has 0 bridgehead atoms. The number of fused-ring (bicyclic) bond motifs is 1. The fourth-order valence-electron chi connectivity index (χ4n) is 3.00. The number of nitrogens with two attached hydrogens (primary N) is 1. The van der Waals surface area contributed by atoms with E-state index in [2.05, 4.69) is 5.32 Å². The van der Waals surface area contributed by atoms with Crippen molar-refractivity contribution in [2.45, 2.75) is 5.92 Å². The van der Waals surface area contributed by atoms with Gasteiger partial charge in [0.25, 0.3) is 0 Å².